The lowest BCUT2D eigenvalue weighted by Crippen LogP contribution is -2.37. The van der Waals surface area contributed by atoms with E-state index in [1.54, 1.807) is 0 Å². The van der Waals surface area contributed by atoms with E-state index in [-0.39, 0.29) is 0 Å². The van der Waals surface area contributed by atoms with Crippen LogP contribution < -0.4 is 5.43 Å². The molecule has 1 fully saturated rings. The molecular formula is C7H17N3. The molecule has 3 heteroatoms. The summed E-state index contributed by atoms with van der Waals surface area (Å²) in [6, 6.07) is 0. The highest BCUT2D eigenvalue weighted by Crippen LogP contribution is 2.19. The van der Waals surface area contributed by atoms with Crippen LogP contribution in [0.2, 0.25) is 0 Å². The summed E-state index contributed by atoms with van der Waals surface area (Å²) in [5.74, 6) is 0. The zero-order valence-corrected chi connectivity index (χ0v) is 7.31. The number of nitrogens with zero attached hydrogens (tertiary/aromatic N) is 2. The van der Waals surface area contributed by atoms with Crippen LogP contribution in [0.1, 0.15) is 13.8 Å². The summed E-state index contributed by atoms with van der Waals surface area (Å²) in [6.07, 6.45) is 0. The van der Waals surface area contributed by atoms with Gasteiger partial charge in [0.15, 0.2) is 0 Å². The Hall–Kier alpha value is -0.120. The molecule has 1 aliphatic heterocycles. The summed E-state index contributed by atoms with van der Waals surface area (Å²) >= 11 is 0. The van der Waals surface area contributed by atoms with E-state index >= 15 is 0 Å². The highest BCUT2D eigenvalue weighted by molar-refractivity contribution is 4.87. The van der Waals surface area contributed by atoms with Crippen LogP contribution in [0, 0.1) is 0 Å². The molecule has 0 spiro atoms. The van der Waals surface area contributed by atoms with Crippen LogP contribution in [0.3, 0.4) is 0 Å². The van der Waals surface area contributed by atoms with Crippen molar-refractivity contribution in [2.75, 3.05) is 27.3 Å². The molecule has 0 unspecified atom stereocenters. The van der Waals surface area contributed by atoms with Gasteiger partial charge in [-0.25, -0.2) is 5.01 Å². The van der Waals surface area contributed by atoms with Gasteiger partial charge in [0, 0.05) is 12.1 Å². The van der Waals surface area contributed by atoms with Crippen LogP contribution in [-0.2, 0) is 0 Å². The van der Waals surface area contributed by atoms with Crippen LogP contribution in [0.25, 0.3) is 0 Å². The van der Waals surface area contributed by atoms with Gasteiger partial charge in [-0.15, -0.1) is 0 Å². The monoisotopic (exact) mass is 143 g/mol. The van der Waals surface area contributed by atoms with Crippen molar-refractivity contribution in [1.82, 2.24) is 15.3 Å². The van der Waals surface area contributed by atoms with Gasteiger partial charge in [-0.1, -0.05) is 0 Å². The van der Waals surface area contributed by atoms with Crippen molar-refractivity contribution in [3.05, 3.63) is 0 Å². The minimum absolute atomic E-state index is 0.322. The molecule has 0 radical (unpaired) electrons. The Morgan fingerprint density at radius 1 is 1.40 bits per heavy atom. The second-order valence-corrected chi connectivity index (χ2v) is 3.57. The number of likely N-dealkylation sites (N-methyl/N-ethyl adjacent to an activating group) is 1. The third-order valence-electron chi connectivity index (χ3n) is 2.31. The van der Waals surface area contributed by atoms with E-state index in [9.17, 15) is 0 Å². The Kier molecular flexibility index (Phi) is 1.99. The van der Waals surface area contributed by atoms with Gasteiger partial charge in [0.2, 0.25) is 0 Å². The highest BCUT2D eigenvalue weighted by Gasteiger charge is 2.33. The van der Waals surface area contributed by atoms with E-state index in [4.69, 9.17) is 0 Å². The zero-order valence-electron chi connectivity index (χ0n) is 7.31. The van der Waals surface area contributed by atoms with Gasteiger partial charge in [0.25, 0.3) is 0 Å². The molecule has 0 atom stereocenters. The topological polar surface area (TPSA) is 18.5 Å². The molecule has 0 aromatic carbocycles. The van der Waals surface area contributed by atoms with Gasteiger partial charge in [-0.2, -0.15) is 0 Å². The van der Waals surface area contributed by atoms with Crippen molar-refractivity contribution in [2.24, 2.45) is 0 Å². The second-order valence-electron chi connectivity index (χ2n) is 3.57. The molecule has 0 aliphatic carbocycles. The van der Waals surface area contributed by atoms with Crippen molar-refractivity contribution in [3.63, 3.8) is 0 Å². The van der Waals surface area contributed by atoms with E-state index in [0.29, 0.717) is 5.54 Å². The molecule has 1 aliphatic rings. The van der Waals surface area contributed by atoms with Crippen molar-refractivity contribution in [1.29, 1.82) is 0 Å². The fraction of sp³-hybridized carbons (Fsp3) is 1.00. The normalized spacial score (nSPS) is 27.6. The molecule has 0 aromatic heterocycles. The standard InChI is InChI=1S/C7H17N3/c1-7(2)5-10(8-3)6-9(7)4/h8H,5-6H2,1-4H3. The summed E-state index contributed by atoms with van der Waals surface area (Å²) in [6.45, 7) is 6.62. The lowest BCUT2D eigenvalue weighted by Gasteiger charge is -2.25. The molecule has 60 valence electrons. The Bertz CT molecular complexity index is 122. The summed E-state index contributed by atoms with van der Waals surface area (Å²) in [4.78, 5) is 2.34. The number of rotatable bonds is 1. The fourth-order valence-corrected chi connectivity index (χ4v) is 1.24. The Labute approximate surface area is 63.0 Å². The maximum Gasteiger partial charge on any atom is 0.0648 e. The number of hydrazine groups is 1. The smallest absolute Gasteiger partial charge is 0.0648 e. The Morgan fingerprint density at radius 3 is 2.20 bits per heavy atom. The molecule has 0 amide bonds. The first-order valence-corrected chi connectivity index (χ1v) is 3.70. The second kappa shape index (κ2) is 2.49. The van der Waals surface area contributed by atoms with Crippen molar-refractivity contribution >= 4 is 0 Å². The predicted octanol–water partition coefficient (Wildman–Crippen LogP) is 0.104. The van der Waals surface area contributed by atoms with E-state index in [2.05, 4.69) is 36.2 Å². The molecular weight excluding hydrogens is 126 g/mol. The average Bonchev–Trinajstić information content (AvgIpc) is 2.08. The lowest BCUT2D eigenvalue weighted by molar-refractivity contribution is 0.201. The minimum Gasteiger partial charge on any atom is -0.286 e. The van der Waals surface area contributed by atoms with Gasteiger partial charge in [0.05, 0.1) is 6.67 Å². The first-order valence-electron chi connectivity index (χ1n) is 3.70. The summed E-state index contributed by atoms with van der Waals surface area (Å²) in [5, 5.41) is 2.21. The molecule has 1 rings (SSSR count). The highest BCUT2D eigenvalue weighted by atomic mass is 15.6. The number of hydrogen-bond donors (Lipinski definition) is 1. The zero-order chi connectivity index (χ0) is 7.78. The molecule has 0 aromatic rings. The number of hydrogen-bond acceptors (Lipinski definition) is 3. The summed E-state index contributed by atoms with van der Waals surface area (Å²) < 4.78 is 0. The average molecular weight is 143 g/mol. The molecule has 3 nitrogen and oxygen atoms in total. The molecule has 1 N–H and O–H groups in total. The molecule has 1 saturated heterocycles. The van der Waals surface area contributed by atoms with Crippen LogP contribution in [0.15, 0.2) is 0 Å². The lowest BCUT2D eigenvalue weighted by atomic mass is 10.1. The van der Waals surface area contributed by atoms with Crippen LogP contribution in [-0.4, -0.2) is 42.8 Å². The molecule has 0 saturated carbocycles. The first-order chi connectivity index (χ1) is 4.56. The van der Waals surface area contributed by atoms with Gasteiger partial charge in [-0.05, 0) is 27.9 Å². The van der Waals surface area contributed by atoms with Crippen LogP contribution in [0.4, 0.5) is 0 Å². The minimum atomic E-state index is 0.322. The van der Waals surface area contributed by atoms with Gasteiger partial charge in [-0.3, -0.25) is 10.3 Å². The Morgan fingerprint density at radius 2 is 2.00 bits per heavy atom. The van der Waals surface area contributed by atoms with E-state index < -0.39 is 0 Å². The largest absolute Gasteiger partial charge is 0.286 e. The quantitative estimate of drug-likeness (QED) is 0.562. The maximum absolute atomic E-state index is 3.14. The third kappa shape index (κ3) is 1.31. The van der Waals surface area contributed by atoms with E-state index in [1.165, 1.54) is 0 Å². The molecule has 1 heterocycles. The molecule has 0 bridgehead atoms. The maximum atomic E-state index is 3.14. The SMILES string of the molecule is CNN1CN(C)C(C)(C)C1. The predicted molar refractivity (Wildman–Crippen MR) is 42.5 cm³/mol. The first kappa shape index (κ1) is 7.98. The summed E-state index contributed by atoms with van der Waals surface area (Å²) in [7, 11) is 4.12. The van der Waals surface area contributed by atoms with Gasteiger partial charge < -0.3 is 0 Å². The van der Waals surface area contributed by atoms with Crippen molar-refractivity contribution in [2.45, 2.75) is 19.4 Å². The molecule has 10 heavy (non-hydrogen) atoms. The van der Waals surface area contributed by atoms with Crippen LogP contribution in [0.5, 0.6) is 0 Å². The Balaban J connectivity index is 2.53. The van der Waals surface area contributed by atoms with Gasteiger partial charge >= 0.3 is 0 Å². The van der Waals surface area contributed by atoms with E-state index in [0.717, 1.165) is 13.2 Å². The van der Waals surface area contributed by atoms with Gasteiger partial charge in [0.1, 0.15) is 0 Å². The summed E-state index contributed by atoms with van der Waals surface area (Å²) in [5.41, 5.74) is 3.46. The third-order valence-corrected chi connectivity index (χ3v) is 2.31. The van der Waals surface area contributed by atoms with Crippen LogP contribution >= 0.6 is 0 Å². The fourth-order valence-electron chi connectivity index (χ4n) is 1.24. The van der Waals surface area contributed by atoms with Crippen molar-refractivity contribution in [3.8, 4) is 0 Å². The van der Waals surface area contributed by atoms with E-state index in [1.807, 2.05) is 7.05 Å². The van der Waals surface area contributed by atoms with Crippen molar-refractivity contribution < 1.29 is 0 Å². The number of nitrogens with one attached hydrogen (secondary N) is 1.